The predicted molar refractivity (Wildman–Crippen MR) is 79.6 cm³/mol. The van der Waals surface area contributed by atoms with Crippen LogP contribution in [0.25, 0.3) is 0 Å². The zero-order valence-electron chi connectivity index (χ0n) is 12.2. The van der Waals surface area contributed by atoms with E-state index in [9.17, 15) is 0 Å². The minimum Gasteiger partial charge on any atom is -0.329 e. The molecule has 4 unspecified atom stereocenters. The fourth-order valence-corrected chi connectivity index (χ4v) is 4.16. The average molecular weight is 258 g/mol. The lowest BCUT2D eigenvalue weighted by Crippen LogP contribution is -2.62. The van der Waals surface area contributed by atoms with Gasteiger partial charge in [-0.25, -0.2) is 0 Å². The topological polar surface area (TPSA) is 29.3 Å². The standard InChI is InChI=1S/C14H30N2S/c1-11-7-6-8-14(10-15,13(11)3)16(4)12(2)9-17-5/h11-13H,6-10,15H2,1-5H3. The van der Waals surface area contributed by atoms with Gasteiger partial charge in [0.1, 0.15) is 0 Å². The molecule has 3 heteroatoms. The summed E-state index contributed by atoms with van der Waals surface area (Å²) in [6.45, 7) is 7.92. The molecule has 0 bridgehead atoms. The van der Waals surface area contributed by atoms with Crippen LogP contribution in [-0.2, 0) is 0 Å². The summed E-state index contributed by atoms with van der Waals surface area (Å²) in [6.07, 6.45) is 6.16. The Morgan fingerprint density at radius 3 is 2.65 bits per heavy atom. The van der Waals surface area contributed by atoms with Gasteiger partial charge in [0.2, 0.25) is 0 Å². The van der Waals surface area contributed by atoms with Crippen LogP contribution in [0.15, 0.2) is 0 Å². The highest BCUT2D eigenvalue weighted by atomic mass is 32.2. The summed E-state index contributed by atoms with van der Waals surface area (Å²) in [5, 5.41) is 0. The molecule has 4 atom stereocenters. The molecular formula is C14H30N2S. The monoisotopic (exact) mass is 258 g/mol. The van der Waals surface area contributed by atoms with Crippen molar-refractivity contribution in [3.63, 3.8) is 0 Å². The first-order chi connectivity index (χ1) is 7.99. The van der Waals surface area contributed by atoms with Crippen molar-refractivity contribution in [3.8, 4) is 0 Å². The van der Waals surface area contributed by atoms with Gasteiger partial charge in [0.25, 0.3) is 0 Å². The second-order valence-corrected chi connectivity index (χ2v) is 6.79. The zero-order valence-corrected chi connectivity index (χ0v) is 13.0. The van der Waals surface area contributed by atoms with E-state index in [-0.39, 0.29) is 5.54 Å². The molecule has 0 aromatic heterocycles. The van der Waals surface area contributed by atoms with Crippen LogP contribution in [0, 0.1) is 11.8 Å². The molecule has 0 amide bonds. The normalized spacial score (nSPS) is 36.2. The maximum atomic E-state index is 6.18. The van der Waals surface area contributed by atoms with Crippen molar-refractivity contribution in [2.24, 2.45) is 17.6 Å². The quantitative estimate of drug-likeness (QED) is 0.822. The molecule has 1 aliphatic carbocycles. The SMILES string of the molecule is CSCC(C)N(C)C1(CN)CCCC(C)C1C. The van der Waals surface area contributed by atoms with Crippen LogP contribution in [0.4, 0.5) is 0 Å². The number of thioether (sulfide) groups is 1. The van der Waals surface area contributed by atoms with E-state index in [4.69, 9.17) is 5.73 Å². The van der Waals surface area contributed by atoms with Gasteiger partial charge in [0, 0.05) is 23.9 Å². The molecule has 1 rings (SSSR count). The summed E-state index contributed by atoms with van der Waals surface area (Å²) in [4.78, 5) is 2.57. The van der Waals surface area contributed by atoms with Crippen molar-refractivity contribution >= 4 is 11.8 Å². The number of hydrogen-bond donors (Lipinski definition) is 1. The van der Waals surface area contributed by atoms with Crippen molar-refractivity contribution in [1.29, 1.82) is 0 Å². The largest absolute Gasteiger partial charge is 0.329 e. The first-order valence-corrected chi connectivity index (χ1v) is 8.31. The fraction of sp³-hybridized carbons (Fsp3) is 1.00. The molecule has 0 heterocycles. The molecule has 2 nitrogen and oxygen atoms in total. The van der Waals surface area contributed by atoms with Crippen LogP contribution in [0.3, 0.4) is 0 Å². The maximum Gasteiger partial charge on any atom is 0.0359 e. The summed E-state index contributed by atoms with van der Waals surface area (Å²) in [7, 11) is 2.28. The van der Waals surface area contributed by atoms with Crippen molar-refractivity contribution in [2.75, 3.05) is 25.6 Å². The Morgan fingerprint density at radius 2 is 2.12 bits per heavy atom. The first kappa shape index (κ1) is 15.3. The minimum atomic E-state index is 0.229. The lowest BCUT2D eigenvalue weighted by molar-refractivity contribution is -0.0105. The fourth-order valence-electron chi connectivity index (χ4n) is 3.46. The van der Waals surface area contributed by atoms with Gasteiger partial charge < -0.3 is 5.73 Å². The van der Waals surface area contributed by atoms with Crippen LogP contribution < -0.4 is 5.73 Å². The van der Waals surface area contributed by atoms with Crippen LogP contribution in [0.2, 0.25) is 0 Å². The van der Waals surface area contributed by atoms with Crippen molar-refractivity contribution in [3.05, 3.63) is 0 Å². The Hall–Kier alpha value is 0.270. The van der Waals surface area contributed by atoms with E-state index in [2.05, 4.69) is 39.0 Å². The van der Waals surface area contributed by atoms with E-state index >= 15 is 0 Å². The third-order valence-corrected chi connectivity index (χ3v) is 5.91. The molecule has 1 saturated carbocycles. The highest BCUT2D eigenvalue weighted by molar-refractivity contribution is 7.98. The van der Waals surface area contributed by atoms with E-state index in [1.807, 2.05) is 11.8 Å². The Bertz CT molecular complexity index is 234. The number of rotatable bonds is 5. The molecular weight excluding hydrogens is 228 g/mol. The van der Waals surface area contributed by atoms with Gasteiger partial charge in [-0.2, -0.15) is 11.8 Å². The molecule has 0 aliphatic heterocycles. The lowest BCUT2D eigenvalue weighted by atomic mass is 9.67. The third kappa shape index (κ3) is 2.99. The van der Waals surface area contributed by atoms with Gasteiger partial charge >= 0.3 is 0 Å². The molecule has 1 fully saturated rings. The van der Waals surface area contributed by atoms with Crippen molar-refractivity contribution in [1.82, 2.24) is 4.90 Å². The average Bonchev–Trinajstić information content (AvgIpc) is 2.32. The Morgan fingerprint density at radius 1 is 1.47 bits per heavy atom. The first-order valence-electron chi connectivity index (χ1n) is 6.91. The molecule has 0 radical (unpaired) electrons. The van der Waals surface area contributed by atoms with E-state index in [0.29, 0.717) is 12.0 Å². The summed E-state index contributed by atoms with van der Waals surface area (Å²) in [5.74, 6) is 2.70. The molecule has 0 spiro atoms. The van der Waals surface area contributed by atoms with Gasteiger partial charge in [-0.05, 0) is 38.5 Å². The molecule has 1 aliphatic rings. The number of likely N-dealkylation sites (N-methyl/N-ethyl adjacent to an activating group) is 1. The number of nitrogens with zero attached hydrogens (tertiary/aromatic N) is 1. The van der Waals surface area contributed by atoms with Gasteiger partial charge in [0.05, 0.1) is 0 Å². The highest BCUT2D eigenvalue weighted by Gasteiger charge is 2.44. The van der Waals surface area contributed by atoms with E-state index < -0.39 is 0 Å². The maximum absolute atomic E-state index is 6.18. The smallest absolute Gasteiger partial charge is 0.0359 e. The van der Waals surface area contributed by atoms with Gasteiger partial charge in [-0.1, -0.05) is 26.7 Å². The van der Waals surface area contributed by atoms with Crippen LogP contribution in [0.5, 0.6) is 0 Å². The van der Waals surface area contributed by atoms with Crippen LogP contribution in [-0.4, -0.2) is 42.1 Å². The number of nitrogens with two attached hydrogens (primary N) is 1. The van der Waals surface area contributed by atoms with Crippen LogP contribution in [0.1, 0.15) is 40.0 Å². The summed E-state index contributed by atoms with van der Waals surface area (Å²) >= 11 is 1.93. The summed E-state index contributed by atoms with van der Waals surface area (Å²) < 4.78 is 0. The molecule has 2 N–H and O–H groups in total. The Kier molecular flexibility index (Phi) is 5.81. The predicted octanol–water partition coefficient (Wildman–Crippen LogP) is 2.82. The Balaban J connectivity index is 2.85. The van der Waals surface area contributed by atoms with Gasteiger partial charge in [0.15, 0.2) is 0 Å². The Labute approximate surface area is 112 Å². The molecule has 0 saturated heterocycles. The second-order valence-electron chi connectivity index (χ2n) is 5.88. The van der Waals surface area contributed by atoms with E-state index in [0.717, 1.165) is 12.5 Å². The second kappa shape index (κ2) is 6.44. The van der Waals surface area contributed by atoms with E-state index in [1.165, 1.54) is 25.0 Å². The van der Waals surface area contributed by atoms with Gasteiger partial charge in [-0.3, -0.25) is 4.90 Å². The van der Waals surface area contributed by atoms with Gasteiger partial charge in [-0.15, -0.1) is 0 Å². The lowest BCUT2D eigenvalue weighted by Gasteiger charge is -2.53. The minimum absolute atomic E-state index is 0.229. The van der Waals surface area contributed by atoms with Crippen molar-refractivity contribution in [2.45, 2.75) is 51.6 Å². The number of hydrogen-bond acceptors (Lipinski definition) is 3. The third-order valence-electron chi connectivity index (χ3n) is 5.10. The van der Waals surface area contributed by atoms with Crippen LogP contribution >= 0.6 is 11.8 Å². The highest BCUT2D eigenvalue weighted by Crippen LogP contribution is 2.41. The molecule has 102 valence electrons. The molecule has 0 aromatic rings. The summed E-state index contributed by atoms with van der Waals surface area (Å²) in [6, 6.07) is 0.612. The van der Waals surface area contributed by atoms with E-state index in [1.54, 1.807) is 0 Å². The summed E-state index contributed by atoms with van der Waals surface area (Å²) in [5.41, 5.74) is 6.41. The van der Waals surface area contributed by atoms with Crippen molar-refractivity contribution < 1.29 is 0 Å². The molecule has 17 heavy (non-hydrogen) atoms. The molecule has 0 aromatic carbocycles. The zero-order chi connectivity index (χ0) is 13.1.